The zero-order valence-corrected chi connectivity index (χ0v) is 14.8. The summed E-state index contributed by atoms with van der Waals surface area (Å²) in [6, 6.07) is 17.4. The fraction of sp³-hybridized carbons (Fsp3) is 0.0952. The number of aromatic nitrogens is 1. The van der Waals surface area contributed by atoms with Gasteiger partial charge in [-0.1, -0.05) is 24.3 Å². The minimum Gasteiger partial charge on any atom is -0.454 e. The molecule has 0 bridgehead atoms. The highest BCUT2D eigenvalue weighted by Crippen LogP contribution is 2.32. The molecule has 2 amide bonds. The Labute approximate surface area is 161 Å². The Morgan fingerprint density at radius 2 is 1.75 bits per heavy atom. The molecule has 1 aliphatic rings. The molecule has 2 N–H and O–H groups in total. The van der Waals surface area contributed by atoms with Crippen molar-refractivity contribution in [1.29, 1.82) is 0 Å². The maximum atomic E-state index is 12.7. The van der Waals surface area contributed by atoms with Crippen molar-refractivity contribution in [3.05, 3.63) is 83.7 Å². The van der Waals surface area contributed by atoms with Crippen LogP contribution in [0.4, 0.5) is 5.69 Å². The second-order valence-corrected chi connectivity index (χ2v) is 6.08. The number of amides is 2. The molecule has 0 saturated carbocycles. The number of carbonyl (C=O) groups excluding carboxylic acids is 2. The Hall–Kier alpha value is -3.87. The number of benzene rings is 2. The van der Waals surface area contributed by atoms with Crippen LogP contribution in [0.5, 0.6) is 11.5 Å². The van der Waals surface area contributed by atoms with Crippen LogP contribution in [-0.4, -0.2) is 23.6 Å². The number of rotatable bonds is 5. The van der Waals surface area contributed by atoms with Crippen LogP contribution in [0.1, 0.15) is 26.4 Å². The maximum absolute atomic E-state index is 12.7. The largest absolute Gasteiger partial charge is 0.454 e. The number of nitrogens with one attached hydrogen (secondary N) is 2. The van der Waals surface area contributed by atoms with E-state index in [-0.39, 0.29) is 24.3 Å². The summed E-state index contributed by atoms with van der Waals surface area (Å²) < 4.78 is 10.6. The molecule has 140 valence electrons. The lowest BCUT2D eigenvalue weighted by Crippen LogP contribution is -2.25. The summed E-state index contributed by atoms with van der Waals surface area (Å²) in [5.41, 5.74) is 1.94. The van der Waals surface area contributed by atoms with Gasteiger partial charge in [0.2, 0.25) is 6.79 Å². The predicted octanol–water partition coefficient (Wildman–Crippen LogP) is 2.99. The van der Waals surface area contributed by atoms with Crippen molar-refractivity contribution in [3.8, 4) is 11.5 Å². The molecule has 28 heavy (non-hydrogen) atoms. The van der Waals surface area contributed by atoms with Gasteiger partial charge in [0, 0.05) is 12.7 Å². The van der Waals surface area contributed by atoms with Gasteiger partial charge in [0.05, 0.1) is 11.3 Å². The normalized spacial score (nSPS) is 11.7. The first-order valence-corrected chi connectivity index (χ1v) is 8.69. The molecular weight excluding hydrogens is 358 g/mol. The Morgan fingerprint density at radius 1 is 0.929 bits per heavy atom. The van der Waals surface area contributed by atoms with E-state index in [1.165, 1.54) is 0 Å². The number of anilines is 1. The monoisotopic (exact) mass is 375 g/mol. The van der Waals surface area contributed by atoms with Crippen LogP contribution in [0.3, 0.4) is 0 Å². The number of hydrogen-bond acceptors (Lipinski definition) is 5. The summed E-state index contributed by atoms with van der Waals surface area (Å²) in [7, 11) is 0. The Bertz CT molecular complexity index is 1020. The van der Waals surface area contributed by atoms with E-state index in [0.29, 0.717) is 29.3 Å². The van der Waals surface area contributed by atoms with Crippen LogP contribution < -0.4 is 20.1 Å². The van der Waals surface area contributed by atoms with Gasteiger partial charge in [-0.05, 0) is 42.0 Å². The lowest BCUT2D eigenvalue weighted by atomic mass is 10.1. The van der Waals surface area contributed by atoms with Crippen molar-refractivity contribution in [2.75, 3.05) is 12.1 Å². The Kier molecular flexibility index (Phi) is 4.88. The standard InChI is InChI=1S/C21H17N3O4/c25-20(23-12-14-8-9-18-19(11-14)28-13-27-18)15-5-1-2-6-16(15)24-21(26)17-7-3-4-10-22-17/h1-11H,12-13H2,(H,23,25)(H,24,26). The molecule has 0 aliphatic carbocycles. The first kappa shape index (κ1) is 17.5. The van der Waals surface area contributed by atoms with Crippen molar-refractivity contribution in [1.82, 2.24) is 10.3 Å². The quantitative estimate of drug-likeness (QED) is 0.716. The van der Waals surface area contributed by atoms with Gasteiger partial charge in [-0.15, -0.1) is 0 Å². The molecule has 0 spiro atoms. The number of para-hydroxylation sites is 1. The van der Waals surface area contributed by atoms with Gasteiger partial charge in [-0.2, -0.15) is 0 Å². The summed E-state index contributed by atoms with van der Waals surface area (Å²) in [4.78, 5) is 29.0. The third-order valence-corrected chi connectivity index (χ3v) is 4.21. The first-order chi connectivity index (χ1) is 13.7. The lowest BCUT2D eigenvalue weighted by molar-refractivity contribution is 0.0951. The third kappa shape index (κ3) is 3.78. The van der Waals surface area contributed by atoms with Crippen LogP contribution in [0.2, 0.25) is 0 Å². The Balaban J connectivity index is 1.45. The zero-order valence-electron chi connectivity index (χ0n) is 14.8. The maximum Gasteiger partial charge on any atom is 0.274 e. The van der Waals surface area contributed by atoms with Crippen molar-refractivity contribution < 1.29 is 19.1 Å². The van der Waals surface area contributed by atoms with Crippen LogP contribution in [0.15, 0.2) is 66.9 Å². The molecule has 0 fully saturated rings. The minimum atomic E-state index is -0.378. The van der Waals surface area contributed by atoms with E-state index in [0.717, 1.165) is 5.56 Å². The molecule has 1 aliphatic heterocycles. The van der Waals surface area contributed by atoms with Crippen molar-refractivity contribution in [2.45, 2.75) is 6.54 Å². The predicted molar refractivity (Wildman–Crippen MR) is 102 cm³/mol. The molecule has 2 aromatic carbocycles. The van der Waals surface area contributed by atoms with E-state index in [4.69, 9.17) is 9.47 Å². The number of pyridine rings is 1. The fourth-order valence-electron chi connectivity index (χ4n) is 2.80. The van der Waals surface area contributed by atoms with Gasteiger partial charge in [-0.3, -0.25) is 14.6 Å². The third-order valence-electron chi connectivity index (χ3n) is 4.21. The average Bonchev–Trinajstić information content (AvgIpc) is 3.21. The highest BCUT2D eigenvalue weighted by Gasteiger charge is 2.16. The number of hydrogen-bond donors (Lipinski definition) is 2. The second kappa shape index (κ2) is 7.79. The van der Waals surface area contributed by atoms with E-state index in [1.54, 1.807) is 48.7 Å². The molecule has 0 radical (unpaired) electrons. The number of carbonyl (C=O) groups is 2. The van der Waals surface area contributed by atoms with Gasteiger partial charge >= 0.3 is 0 Å². The second-order valence-electron chi connectivity index (χ2n) is 6.08. The van der Waals surface area contributed by atoms with Crippen LogP contribution in [0.25, 0.3) is 0 Å². The molecule has 0 unspecified atom stereocenters. The van der Waals surface area contributed by atoms with Crippen LogP contribution >= 0.6 is 0 Å². The molecule has 4 rings (SSSR count). The van der Waals surface area contributed by atoms with Crippen LogP contribution in [0, 0.1) is 0 Å². The molecule has 0 atom stereocenters. The number of fused-ring (bicyclic) bond motifs is 1. The zero-order chi connectivity index (χ0) is 19.3. The molecule has 0 saturated heterocycles. The van der Waals surface area contributed by atoms with Gasteiger partial charge in [0.25, 0.3) is 11.8 Å². The molecule has 7 nitrogen and oxygen atoms in total. The SMILES string of the molecule is O=C(Nc1ccccc1C(=O)NCc1ccc2c(c1)OCO2)c1ccccn1. The van der Waals surface area contributed by atoms with E-state index >= 15 is 0 Å². The molecular formula is C21H17N3O4. The van der Waals surface area contributed by atoms with Gasteiger partial charge in [0.1, 0.15) is 5.69 Å². The van der Waals surface area contributed by atoms with E-state index in [1.807, 2.05) is 18.2 Å². The first-order valence-electron chi connectivity index (χ1n) is 8.69. The van der Waals surface area contributed by atoms with E-state index in [2.05, 4.69) is 15.6 Å². The minimum absolute atomic E-state index is 0.203. The average molecular weight is 375 g/mol. The summed E-state index contributed by atoms with van der Waals surface area (Å²) in [6.07, 6.45) is 1.54. The molecule has 1 aromatic heterocycles. The van der Waals surface area contributed by atoms with Crippen molar-refractivity contribution in [2.24, 2.45) is 0 Å². The highest BCUT2D eigenvalue weighted by molar-refractivity contribution is 6.08. The molecule has 7 heteroatoms. The molecule has 3 aromatic rings. The van der Waals surface area contributed by atoms with E-state index < -0.39 is 0 Å². The van der Waals surface area contributed by atoms with Gasteiger partial charge in [-0.25, -0.2) is 0 Å². The van der Waals surface area contributed by atoms with Crippen molar-refractivity contribution >= 4 is 17.5 Å². The summed E-state index contributed by atoms with van der Waals surface area (Å²) in [6.45, 7) is 0.520. The number of nitrogens with zero attached hydrogens (tertiary/aromatic N) is 1. The number of ether oxygens (including phenoxy) is 2. The lowest BCUT2D eigenvalue weighted by Gasteiger charge is -2.11. The Morgan fingerprint density at radius 3 is 2.61 bits per heavy atom. The van der Waals surface area contributed by atoms with Crippen LogP contribution in [-0.2, 0) is 6.54 Å². The smallest absolute Gasteiger partial charge is 0.274 e. The summed E-state index contributed by atoms with van der Waals surface area (Å²) >= 11 is 0. The fourth-order valence-corrected chi connectivity index (χ4v) is 2.80. The van der Waals surface area contributed by atoms with Gasteiger partial charge in [0.15, 0.2) is 11.5 Å². The highest BCUT2D eigenvalue weighted by atomic mass is 16.7. The van der Waals surface area contributed by atoms with Crippen molar-refractivity contribution in [3.63, 3.8) is 0 Å². The topological polar surface area (TPSA) is 89.6 Å². The van der Waals surface area contributed by atoms with Gasteiger partial charge < -0.3 is 20.1 Å². The molecule has 2 heterocycles. The van der Waals surface area contributed by atoms with E-state index in [9.17, 15) is 9.59 Å². The summed E-state index contributed by atoms with van der Waals surface area (Å²) in [5.74, 6) is 0.679. The summed E-state index contributed by atoms with van der Waals surface area (Å²) in [5, 5.41) is 5.60.